The van der Waals surface area contributed by atoms with Gasteiger partial charge in [0, 0.05) is 17.7 Å². The standard InChI is InChI=1S/C25H26N2O4/c1-17-11-12-26-23(13-17)27-24(28)20-15-25(20,18-7-5-4-6-8-18)16-31-19-9-10-21(29-2)22(14-19)30-3/h4-14,20H,15-16H2,1-3H3,(H,26,27,28). The van der Waals surface area contributed by atoms with Crippen LogP contribution in [0.15, 0.2) is 66.9 Å². The molecule has 1 N–H and O–H groups in total. The van der Waals surface area contributed by atoms with Crippen LogP contribution in [0.1, 0.15) is 17.5 Å². The van der Waals surface area contributed by atoms with Crippen LogP contribution in [0.3, 0.4) is 0 Å². The SMILES string of the molecule is COc1ccc(OCC2(c3ccccc3)CC2C(=O)Nc2cc(C)ccn2)cc1OC. The van der Waals surface area contributed by atoms with Crippen LogP contribution in [0.5, 0.6) is 17.2 Å². The van der Waals surface area contributed by atoms with Gasteiger partial charge < -0.3 is 19.5 Å². The van der Waals surface area contributed by atoms with Crippen LogP contribution < -0.4 is 19.5 Å². The lowest BCUT2D eigenvalue weighted by molar-refractivity contribution is -0.117. The number of ether oxygens (including phenoxy) is 3. The Morgan fingerprint density at radius 3 is 2.55 bits per heavy atom. The minimum absolute atomic E-state index is 0.0436. The Hall–Kier alpha value is -3.54. The van der Waals surface area contributed by atoms with Crippen molar-refractivity contribution >= 4 is 11.7 Å². The van der Waals surface area contributed by atoms with E-state index in [4.69, 9.17) is 14.2 Å². The summed E-state index contributed by atoms with van der Waals surface area (Å²) in [7, 11) is 3.19. The number of rotatable bonds is 8. The molecule has 1 aliphatic carbocycles. The molecular formula is C25H26N2O4. The maximum atomic E-state index is 13.0. The molecule has 1 heterocycles. The molecule has 1 amide bonds. The lowest BCUT2D eigenvalue weighted by Crippen LogP contribution is -2.26. The van der Waals surface area contributed by atoms with Crippen molar-refractivity contribution in [2.75, 3.05) is 26.1 Å². The number of pyridine rings is 1. The maximum absolute atomic E-state index is 13.0. The minimum atomic E-state index is -0.387. The van der Waals surface area contributed by atoms with E-state index in [1.54, 1.807) is 26.5 Å². The monoisotopic (exact) mass is 418 g/mol. The highest BCUT2D eigenvalue weighted by atomic mass is 16.5. The molecule has 4 rings (SSSR count). The van der Waals surface area contributed by atoms with E-state index in [1.165, 1.54) is 0 Å². The van der Waals surface area contributed by atoms with Gasteiger partial charge in [-0.2, -0.15) is 0 Å². The first kappa shape index (κ1) is 20.7. The zero-order valence-corrected chi connectivity index (χ0v) is 17.9. The highest BCUT2D eigenvalue weighted by Gasteiger charge is 2.60. The number of aromatic nitrogens is 1. The summed E-state index contributed by atoms with van der Waals surface area (Å²) >= 11 is 0. The van der Waals surface area contributed by atoms with Gasteiger partial charge in [0.2, 0.25) is 5.91 Å². The second-order valence-corrected chi connectivity index (χ2v) is 7.79. The largest absolute Gasteiger partial charge is 0.493 e. The summed E-state index contributed by atoms with van der Waals surface area (Å²) in [5.74, 6) is 2.24. The maximum Gasteiger partial charge on any atom is 0.229 e. The van der Waals surface area contributed by atoms with Crippen LogP contribution in [0.25, 0.3) is 0 Å². The van der Waals surface area contributed by atoms with Crippen LogP contribution in [0, 0.1) is 12.8 Å². The molecule has 160 valence electrons. The summed E-state index contributed by atoms with van der Waals surface area (Å²) in [6.07, 6.45) is 2.41. The van der Waals surface area contributed by atoms with Gasteiger partial charge in [0.15, 0.2) is 11.5 Å². The van der Waals surface area contributed by atoms with Gasteiger partial charge >= 0.3 is 0 Å². The lowest BCUT2D eigenvalue weighted by Gasteiger charge is -2.19. The van der Waals surface area contributed by atoms with Crippen molar-refractivity contribution in [2.45, 2.75) is 18.8 Å². The molecule has 31 heavy (non-hydrogen) atoms. The summed E-state index contributed by atoms with van der Waals surface area (Å²) in [5, 5.41) is 2.96. The first-order chi connectivity index (χ1) is 15.1. The molecule has 1 fully saturated rings. The quantitative estimate of drug-likeness (QED) is 0.588. The van der Waals surface area contributed by atoms with Crippen LogP contribution in [-0.4, -0.2) is 31.7 Å². The van der Waals surface area contributed by atoms with E-state index in [1.807, 2.05) is 49.4 Å². The van der Waals surface area contributed by atoms with E-state index in [0.29, 0.717) is 36.1 Å². The highest BCUT2D eigenvalue weighted by Crippen LogP contribution is 2.55. The molecular weight excluding hydrogens is 392 g/mol. The molecule has 0 radical (unpaired) electrons. The van der Waals surface area contributed by atoms with E-state index in [0.717, 1.165) is 11.1 Å². The van der Waals surface area contributed by atoms with Gasteiger partial charge in [0.1, 0.15) is 11.6 Å². The Morgan fingerprint density at radius 1 is 1.06 bits per heavy atom. The molecule has 1 aliphatic rings. The predicted molar refractivity (Wildman–Crippen MR) is 119 cm³/mol. The summed E-state index contributed by atoms with van der Waals surface area (Å²) in [6.45, 7) is 2.35. The van der Waals surface area contributed by atoms with Crippen molar-refractivity contribution in [2.24, 2.45) is 5.92 Å². The molecule has 1 saturated carbocycles. The molecule has 3 aromatic rings. The molecule has 6 nitrogen and oxygen atoms in total. The Bertz CT molecular complexity index is 1070. The highest BCUT2D eigenvalue weighted by molar-refractivity contribution is 5.95. The number of hydrogen-bond donors (Lipinski definition) is 1. The van der Waals surface area contributed by atoms with E-state index in [2.05, 4.69) is 22.4 Å². The lowest BCUT2D eigenvalue weighted by atomic mass is 9.93. The fraction of sp³-hybridized carbons (Fsp3) is 0.280. The summed E-state index contributed by atoms with van der Waals surface area (Å²) < 4.78 is 16.8. The fourth-order valence-corrected chi connectivity index (χ4v) is 3.92. The van der Waals surface area contributed by atoms with Crippen LogP contribution in [0.2, 0.25) is 0 Å². The number of carbonyl (C=O) groups is 1. The van der Waals surface area contributed by atoms with Gasteiger partial charge in [-0.1, -0.05) is 30.3 Å². The Morgan fingerprint density at radius 2 is 1.84 bits per heavy atom. The number of hydrogen-bond acceptors (Lipinski definition) is 5. The normalized spacial score (nSPS) is 19.4. The van der Waals surface area contributed by atoms with Crippen molar-refractivity contribution < 1.29 is 19.0 Å². The van der Waals surface area contributed by atoms with Gasteiger partial charge in [-0.05, 0) is 48.7 Å². The van der Waals surface area contributed by atoms with Crippen LogP contribution in [-0.2, 0) is 10.2 Å². The average molecular weight is 418 g/mol. The fourth-order valence-electron chi connectivity index (χ4n) is 3.92. The third kappa shape index (κ3) is 4.33. The zero-order valence-electron chi connectivity index (χ0n) is 17.9. The van der Waals surface area contributed by atoms with Crippen molar-refractivity contribution in [1.29, 1.82) is 0 Å². The van der Waals surface area contributed by atoms with E-state index in [9.17, 15) is 4.79 Å². The van der Waals surface area contributed by atoms with Crippen LogP contribution >= 0.6 is 0 Å². The number of methoxy groups -OCH3 is 2. The Labute approximate surface area is 182 Å². The van der Waals surface area contributed by atoms with Gasteiger partial charge in [-0.15, -0.1) is 0 Å². The van der Waals surface area contributed by atoms with Crippen molar-refractivity contribution in [3.05, 3.63) is 78.0 Å². The Balaban J connectivity index is 1.53. The van der Waals surface area contributed by atoms with Crippen molar-refractivity contribution in [1.82, 2.24) is 4.98 Å². The van der Waals surface area contributed by atoms with Crippen molar-refractivity contribution in [3.63, 3.8) is 0 Å². The number of carbonyl (C=O) groups excluding carboxylic acids is 1. The smallest absolute Gasteiger partial charge is 0.229 e. The second-order valence-electron chi connectivity index (χ2n) is 7.79. The number of benzene rings is 2. The second kappa shape index (κ2) is 8.68. The van der Waals surface area contributed by atoms with E-state index < -0.39 is 0 Å². The van der Waals surface area contributed by atoms with Gasteiger partial charge in [0.05, 0.1) is 26.7 Å². The minimum Gasteiger partial charge on any atom is -0.493 e. The molecule has 2 unspecified atom stereocenters. The van der Waals surface area contributed by atoms with Gasteiger partial charge in [0.25, 0.3) is 0 Å². The third-order valence-electron chi connectivity index (χ3n) is 5.76. The average Bonchev–Trinajstić information content (AvgIpc) is 3.54. The van der Waals surface area contributed by atoms with E-state index in [-0.39, 0.29) is 17.2 Å². The molecule has 2 atom stereocenters. The molecule has 0 aliphatic heterocycles. The van der Waals surface area contributed by atoms with Crippen molar-refractivity contribution in [3.8, 4) is 17.2 Å². The molecule has 6 heteroatoms. The number of nitrogens with one attached hydrogen (secondary N) is 1. The van der Waals surface area contributed by atoms with Gasteiger partial charge in [-0.25, -0.2) is 4.98 Å². The predicted octanol–water partition coefficient (Wildman–Crippen LogP) is 4.38. The van der Waals surface area contributed by atoms with Gasteiger partial charge in [-0.3, -0.25) is 4.79 Å². The van der Waals surface area contributed by atoms with Crippen LogP contribution in [0.4, 0.5) is 5.82 Å². The van der Waals surface area contributed by atoms with E-state index >= 15 is 0 Å². The summed E-state index contributed by atoms with van der Waals surface area (Å²) in [5.41, 5.74) is 1.75. The number of anilines is 1. The zero-order chi connectivity index (χ0) is 21.8. The Kier molecular flexibility index (Phi) is 5.80. The summed E-state index contributed by atoms with van der Waals surface area (Å²) in [4.78, 5) is 17.3. The third-order valence-corrected chi connectivity index (χ3v) is 5.76. The molecule has 1 aromatic heterocycles. The summed E-state index contributed by atoms with van der Waals surface area (Å²) in [6, 6.07) is 19.3. The molecule has 0 saturated heterocycles. The number of nitrogens with zero attached hydrogens (tertiary/aromatic N) is 1. The molecule has 0 spiro atoms. The molecule has 0 bridgehead atoms. The topological polar surface area (TPSA) is 69.7 Å². The molecule has 2 aromatic carbocycles. The first-order valence-electron chi connectivity index (χ1n) is 10.2. The number of amides is 1. The number of aryl methyl sites for hydroxylation is 1. The first-order valence-corrected chi connectivity index (χ1v) is 10.2.